The first-order chi connectivity index (χ1) is 15.1. The Kier molecular flexibility index (Phi) is 11.7. The summed E-state index contributed by atoms with van der Waals surface area (Å²) in [5.74, 6) is 3.51. The molecule has 0 spiro atoms. The Morgan fingerprint density at radius 2 is 1.77 bits per heavy atom. The number of nitrogens with zero attached hydrogens (tertiary/aromatic N) is 1. The first kappa shape index (κ1) is 26.4. The summed E-state index contributed by atoms with van der Waals surface area (Å²) in [6.07, 6.45) is 2.08. The van der Waals surface area contributed by atoms with E-state index in [-0.39, 0.29) is 0 Å². The van der Waals surface area contributed by atoms with Crippen LogP contribution in [0.15, 0.2) is 30.3 Å². The second-order valence-electron chi connectivity index (χ2n) is 6.86. The van der Waals surface area contributed by atoms with Gasteiger partial charge in [0.2, 0.25) is 0 Å². The highest BCUT2D eigenvalue weighted by molar-refractivity contribution is 14.2. The van der Waals surface area contributed by atoms with Crippen LogP contribution in [0.3, 0.4) is 0 Å². The molecule has 2 aromatic carbocycles. The van der Waals surface area contributed by atoms with Gasteiger partial charge in [-0.05, 0) is 68.5 Å². The third kappa shape index (κ3) is 6.60. The largest absolute Gasteiger partial charge is 0.497 e. The molecule has 0 aliphatic carbocycles. The molecule has 1 atom stereocenters. The molecule has 0 saturated heterocycles. The van der Waals surface area contributed by atoms with Crippen molar-refractivity contribution in [2.45, 2.75) is 46.2 Å². The lowest BCUT2D eigenvalue weighted by Gasteiger charge is -2.41. The molecule has 2 aliphatic heterocycles. The molecule has 0 aromatic heterocycles. The highest BCUT2D eigenvalue weighted by Crippen LogP contribution is 2.42. The van der Waals surface area contributed by atoms with Crippen molar-refractivity contribution in [1.29, 1.82) is 0 Å². The summed E-state index contributed by atoms with van der Waals surface area (Å²) in [6.45, 7) is 8.13. The summed E-state index contributed by atoms with van der Waals surface area (Å²) < 4.78 is 16.8. The van der Waals surface area contributed by atoms with E-state index in [0.717, 1.165) is 48.9 Å². The number of ether oxygens (including phenoxy) is 2. The van der Waals surface area contributed by atoms with E-state index in [1.54, 1.807) is 14.2 Å². The SMILES string of the molecule is CC.CCSOc1cc2c(cc1OC)CN1CCc3cc(OC)ccc3C1C2.NSI. The van der Waals surface area contributed by atoms with Crippen molar-refractivity contribution in [3.05, 3.63) is 52.6 Å². The van der Waals surface area contributed by atoms with E-state index in [9.17, 15) is 0 Å². The van der Waals surface area contributed by atoms with Crippen LogP contribution >= 0.6 is 42.4 Å². The van der Waals surface area contributed by atoms with Gasteiger partial charge in [0.25, 0.3) is 0 Å². The van der Waals surface area contributed by atoms with Crippen molar-refractivity contribution in [1.82, 2.24) is 4.90 Å². The van der Waals surface area contributed by atoms with Crippen LogP contribution < -0.4 is 18.8 Å². The molecule has 2 N–H and O–H groups in total. The van der Waals surface area contributed by atoms with Gasteiger partial charge in [-0.1, -0.05) is 26.8 Å². The van der Waals surface area contributed by atoms with Crippen LogP contribution in [0.2, 0.25) is 0 Å². The molecule has 4 rings (SSSR count). The maximum Gasteiger partial charge on any atom is 0.179 e. The van der Waals surface area contributed by atoms with Crippen molar-refractivity contribution in [3.8, 4) is 17.2 Å². The van der Waals surface area contributed by atoms with E-state index in [1.165, 1.54) is 43.4 Å². The van der Waals surface area contributed by atoms with Gasteiger partial charge < -0.3 is 13.7 Å². The summed E-state index contributed by atoms with van der Waals surface area (Å²) in [4.78, 5) is 2.58. The van der Waals surface area contributed by atoms with E-state index >= 15 is 0 Å². The summed E-state index contributed by atoms with van der Waals surface area (Å²) in [5.41, 5.74) is 5.57. The van der Waals surface area contributed by atoms with Crippen molar-refractivity contribution >= 4 is 42.4 Å². The second-order valence-corrected chi connectivity index (χ2v) is 9.54. The van der Waals surface area contributed by atoms with Crippen molar-refractivity contribution < 1.29 is 13.7 Å². The summed E-state index contributed by atoms with van der Waals surface area (Å²) in [6, 6.07) is 11.3. The summed E-state index contributed by atoms with van der Waals surface area (Å²) in [7, 11) is 4.66. The predicted octanol–water partition coefficient (Wildman–Crippen LogP) is 6.38. The van der Waals surface area contributed by atoms with Gasteiger partial charge >= 0.3 is 0 Å². The van der Waals surface area contributed by atoms with Gasteiger partial charge in [0.1, 0.15) is 5.75 Å². The third-order valence-corrected chi connectivity index (χ3v) is 5.89. The molecular formula is C23H33IN2O3S2. The van der Waals surface area contributed by atoms with Crippen LogP contribution in [-0.2, 0) is 19.4 Å². The first-order valence-electron chi connectivity index (χ1n) is 10.5. The van der Waals surface area contributed by atoms with E-state index < -0.39 is 0 Å². The van der Waals surface area contributed by atoms with Gasteiger partial charge in [0.05, 0.1) is 26.3 Å². The van der Waals surface area contributed by atoms with Crippen LogP contribution in [0.1, 0.15) is 49.1 Å². The molecule has 0 radical (unpaired) electrons. The highest BCUT2D eigenvalue weighted by Gasteiger charge is 2.33. The zero-order valence-corrected chi connectivity index (χ0v) is 22.7. The Labute approximate surface area is 207 Å². The lowest BCUT2D eigenvalue weighted by Crippen LogP contribution is -2.39. The fourth-order valence-corrected chi connectivity index (χ4v) is 4.43. The van der Waals surface area contributed by atoms with E-state index in [0.29, 0.717) is 6.04 Å². The summed E-state index contributed by atoms with van der Waals surface area (Å²) >= 11 is 3.44. The minimum absolute atomic E-state index is 0.428. The smallest absolute Gasteiger partial charge is 0.179 e. The maximum absolute atomic E-state index is 5.84. The quantitative estimate of drug-likeness (QED) is 0.252. The Morgan fingerprint density at radius 1 is 1.06 bits per heavy atom. The number of hydrogen-bond acceptors (Lipinski definition) is 7. The van der Waals surface area contributed by atoms with Gasteiger partial charge in [-0.2, -0.15) is 0 Å². The average Bonchev–Trinajstić information content (AvgIpc) is 2.82. The van der Waals surface area contributed by atoms with Gasteiger partial charge in [-0.25, -0.2) is 0 Å². The normalized spacial score (nSPS) is 16.3. The Morgan fingerprint density at radius 3 is 2.42 bits per heavy atom. The van der Waals surface area contributed by atoms with E-state index in [1.807, 2.05) is 35.1 Å². The lowest BCUT2D eigenvalue weighted by atomic mass is 9.84. The number of hydrogen-bond donors (Lipinski definition) is 1. The van der Waals surface area contributed by atoms with Gasteiger partial charge in [0, 0.05) is 46.1 Å². The minimum atomic E-state index is 0.428. The molecule has 5 nitrogen and oxygen atoms in total. The molecule has 0 bridgehead atoms. The van der Waals surface area contributed by atoms with Crippen molar-refractivity contribution in [2.24, 2.45) is 5.14 Å². The standard InChI is InChI=1S/C21H25NO3S.C2H6.H2INS/c1-4-26-25-21-11-15-10-19-18-6-5-17(23-2)9-14(18)7-8-22(19)13-16(15)12-20(21)24-3;1-2;1-3-2/h5-6,9,11-12,19H,4,7-8,10,13H2,1-3H3;1-2H3;2H2. The minimum Gasteiger partial charge on any atom is -0.497 e. The molecule has 2 aromatic rings. The van der Waals surface area contributed by atoms with E-state index in [2.05, 4.69) is 42.2 Å². The fourth-order valence-electron chi connectivity index (χ4n) is 4.05. The zero-order chi connectivity index (χ0) is 22.8. The molecule has 0 saturated carbocycles. The average molecular weight is 577 g/mol. The molecule has 8 heteroatoms. The monoisotopic (exact) mass is 576 g/mol. The van der Waals surface area contributed by atoms with Gasteiger partial charge in [0.15, 0.2) is 11.5 Å². The number of benzene rings is 2. The van der Waals surface area contributed by atoms with Gasteiger partial charge in [-0.15, -0.1) is 0 Å². The molecule has 31 heavy (non-hydrogen) atoms. The molecule has 1 unspecified atom stereocenters. The number of methoxy groups -OCH3 is 2. The molecule has 2 heterocycles. The Balaban J connectivity index is 0.000000630. The predicted molar refractivity (Wildman–Crippen MR) is 142 cm³/mol. The number of nitrogens with two attached hydrogens (primary N) is 1. The van der Waals surface area contributed by atoms with Crippen molar-refractivity contribution in [2.75, 3.05) is 26.5 Å². The number of fused-ring (bicyclic) bond motifs is 4. The van der Waals surface area contributed by atoms with Crippen LogP contribution in [0, 0.1) is 0 Å². The maximum atomic E-state index is 5.84. The third-order valence-electron chi connectivity index (χ3n) is 5.36. The zero-order valence-electron chi connectivity index (χ0n) is 18.9. The number of rotatable bonds is 5. The van der Waals surface area contributed by atoms with E-state index in [4.69, 9.17) is 18.8 Å². The second kappa shape index (κ2) is 13.7. The van der Waals surface area contributed by atoms with Crippen LogP contribution in [0.25, 0.3) is 0 Å². The molecular weight excluding hydrogens is 543 g/mol. The van der Waals surface area contributed by atoms with Crippen molar-refractivity contribution in [3.63, 3.8) is 0 Å². The Hall–Kier alpha value is -0.810. The highest BCUT2D eigenvalue weighted by atomic mass is 127. The van der Waals surface area contributed by atoms with Crippen LogP contribution in [-0.4, -0.2) is 31.4 Å². The van der Waals surface area contributed by atoms with Crippen LogP contribution in [0.4, 0.5) is 0 Å². The lowest BCUT2D eigenvalue weighted by molar-refractivity contribution is 0.160. The fraction of sp³-hybridized carbons (Fsp3) is 0.478. The van der Waals surface area contributed by atoms with Crippen LogP contribution in [0.5, 0.6) is 17.2 Å². The molecule has 2 aliphatic rings. The van der Waals surface area contributed by atoms with Gasteiger partial charge in [-0.3, -0.25) is 10.0 Å². The first-order valence-corrected chi connectivity index (χ1v) is 14.9. The number of halogens is 1. The topological polar surface area (TPSA) is 57.0 Å². The Bertz CT molecular complexity index is 839. The molecule has 0 amide bonds. The summed E-state index contributed by atoms with van der Waals surface area (Å²) in [5, 5.41) is 4.75. The molecule has 172 valence electrons. The molecule has 0 fully saturated rings.